The molecule has 1 aliphatic rings. The van der Waals surface area contributed by atoms with Crippen molar-refractivity contribution in [3.63, 3.8) is 0 Å². The molecular formula is C14H20BrN3O3. The van der Waals surface area contributed by atoms with E-state index in [1.54, 1.807) is 12.1 Å². The number of nitrogens with one attached hydrogen (secondary N) is 1. The van der Waals surface area contributed by atoms with Crippen LogP contribution in [0.2, 0.25) is 0 Å². The van der Waals surface area contributed by atoms with Gasteiger partial charge < -0.3 is 10.1 Å². The van der Waals surface area contributed by atoms with Crippen LogP contribution in [0.25, 0.3) is 0 Å². The topological polar surface area (TPSA) is 67.6 Å². The number of rotatable bonds is 6. The molecule has 1 fully saturated rings. The molecule has 1 aromatic rings. The van der Waals surface area contributed by atoms with Gasteiger partial charge in [0, 0.05) is 32.2 Å². The van der Waals surface area contributed by atoms with Crippen molar-refractivity contribution in [2.24, 2.45) is 0 Å². The molecule has 0 saturated carbocycles. The van der Waals surface area contributed by atoms with Crippen molar-refractivity contribution in [1.29, 1.82) is 0 Å². The minimum atomic E-state index is -0.378. The quantitative estimate of drug-likeness (QED) is 0.624. The summed E-state index contributed by atoms with van der Waals surface area (Å²) >= 11 is 3.19. The zero-order valence-electron chi connectivity index (χ0n) is 12.0. The first-order valence-corrected chi connectivity index (χ1v) is 7.87. The molecular weight excluding hydrogens is 338 g/mol. The Kier molecular flexibility index (Phi) is 6.10. The highest BCUT2D eigenvalue weighted by Crippen LogP contribution is 2.25. The Morgan fingerprint density at radius 2 is 2.38 bits per heavy atom. The summed E-state index contributed by atoms with van der Waals surface area (Å²) < 4.78 is 6.21. The van der Waals surface area contributed by atoms with Gasteiger partial charge in [-0.3, -0.25) is 15.0 Å². The van der Waals surface area contributed by atoms with Crippen LogP contribution in [0.4, 0.5) is 5.69 Å². The molecule has 0 aromatic heterocycles. The zero-order valence-corrected chi connectivity index (χ0v) is 13.6. The standard InChI is InChI=1S/C14H20BrN3O3/c1-2-17-5-6-21-12(10-17)9-16-8-11-3-4-13(15)14(7-11)18(19)20/h3-4,7,12,16H,2,5-6,8-10H2,1H3. The third-order valence-electron chi connectivity index (χ3n) is 3.58. The third-order valence-corrected chi connectivity index (χ3v) is 4.25. The number of nitrogens with zero attached hydrogens (tertiary/aromatic N) is 2. The van der Waals surface area contributed by atoms with Gasteiger partial charge in [-0.15, -0.1) is 0 Å². The zero-order chi connectivity index (χ0) is 15.2. The molecule has 116 valence electrons. The predicted octanol–water partition coefficient (Wildman–Crippen LogP) is 2.17. The number of hydrogen-bond acceptors (Lipinski definition) is 5. The SMILES string of the molecule is CCN1CCOC(CNCc2ccc(Br)c([N+](=O)[O-])c2)C1. The van der Waals surface area contributed by atoms with Crippen molar-refractivity contribution in [2.45, 2.75) is 19.6 Å². The van der Waals surface area contributed by atoms with Crippen molar-refractivity contribution in [3.05, 3.63) is 38.3 Å². The van der Waals surface area contributed by atoms with Crippen molar-refractivity contribution >= 4 is 21.6 Å². The number of ether oxygens (including phenoxy) is 1. The lowest BCUT2D eigenvalue weighted by Gasteiger charge is -2.32. The van der Waals surface area contributed by atoms with Gasteiger partial charge in [-0.1, -0.05) is 13.0 Å². The predicted molar refractivity (Wildman–Crippen MR) is 84.4 cm³/mol. The molecule has 0 aliphatic carbocycles. The fourth-order valence-electron chi connectivity index (χ4n) is 2.38. The highest BCUT2D eigenvalue weighted by molar-refractivity contribution is 9.10. The van der Waals surface area contributed by atoms with E-state index in [-0.39, 0.29) is 16.7 Å². The Balaban J connectivity index is 1.83. The molecule has 0 spiro atoms. The first kappa shape index (κ1) is 16.4. The Morgan fingerprint density at radius 3 is 3.10 bits per heavy atom. The largest absolute Gasteiger partial charge is 0.374 e. The van der Waals surface area contributed by atoms with Crippen LogP contribution in [0.3, 0.4) is 0 Å². The van der Waals surface area contributed by atoms with E-state index in [1.807, 2.05) is 6.07 Å². The highest BCUT2D eigenvalue weighted by atomic mass is 79.9. The van der Waals surface area contributed by atoms with Gasteiger partial charge in [-0.05, 0) is 34.1 Å². The Morgan fingerprint density at radius 1 is 1.57 bits per heavy atom. The van der Waals surface area contributed by atoms with E-state index in [0.29, 0.717) is 11.0 Å². The molecule has 0 amide bonds. The first-order chi connectivity index (χ1) is 10.1. The minimum absolute atomic E-state index is 0.0976. The van der Waals surface area contributed by atoms with Crippen molar-refractivity contribution in [2.75, 3.05) is 32.8 Å². The van der Waals surface area contributed by atoms with Gasteiger partial charge in [0.15, 0.2) is 0 Å². The summed E-state index contributed by atoms with van der Waals surface area (Å²) in [5, 5.41) is 14.2. The number of benzene rings is 1. The molecule has 6 nitrogen and oxygen atoms in total. The maximum absolute atomic E-state index is 10.9. The van der Waals surface area contributed by atoms with Gasteiger partial charge in [-0.25, -0.2) is 0 Å². The summed E-state index contributed by atoms with van der Waals surface area (Å²) in [6, 6.07) is 5.19. The van der Waals surface area contributed by atoms with Crippen LogP contribution in [0.1, 0.15) is 12.5 Å². The molecule has 1 aromatic carbocycles. The number of hydrogen-bond donors (Lipinski definition) is 1. The lowest BCUT2D eigenvalue weighted by Crippen LogP contribution is -2.46. The average molecular weight is 358 g/mol. The van der Waals surface area contributed by atoms with Crippen LogP contribution in [0.5, 0.6) is 0 Å². The van der Waals surface area contributed by atoms with E-state index in [9.17, 15) is 10.1 Å². The summed E-state index contributed by atoms with van der Waals surface area (Å²) in [6.07, 6.45) is 0.184. The van der Waals surface area contributed by atoms with Crippen molar-refractivity contribution in [1.82, 2.24) is 10.2 Å². The molecule has 1 heterocycles. The van der Waals surface area contributed by atoms with Gasteiger partial charge in [-0.2, -0.15) is 0 Å². The van der Waals surface area contributed by atoms with Gasteiger partial charge in [0.2, 0.25) is 0 Å². The Hall–Kier alpha value is -1.02. The summed E-state index contributed by atoms with van der Waals surface area (Å²) in [6.45, 7) is 7.23. The fraction of sp³-hybridized carbons (Fsp3) is 0.571. The molecule has 7 heteroatoms. The van der Waals surface area contributed by atoms with Crippen molar-refractivity contribution < 1.29 is 9.66 Å². The molecule has 1 atom stereocenters. The van der Waals surface area contributed by atoms with Crippen LogP contribution in [-0.4, -0.2) is 48.7 Å². The Bertz CT molecular complexity index is 498. The van der Waals surface area contributed by atoms with Gasteiger partial charge in [0.05, 0.1) is 22.1 Å². The number of likely N-dealkylation sites (N-methyl/N-ethyl adjacent to an activating group) is 1. The summed E-state index contributed by atoms with van der Waals surface area (Å²) in [4.78, 5) is 12.9. The molecule has 1 unspecified atom stereocenters. The minimum Gasteiger partial charge on any atom is -0.374 e. The van der Waals surface area contributed by atoms with Crippen LogP contribution in [0, 0.1) is 10.1 Å². The maximum Gasteiger partial charge on any atom is 0.283 e. The van der Waals surface area contributed by atoms with Crippen LogP contribution < -0.4 is 5.32 Å². The molecule has 21 heavy (non-hydrogen) atoms. The molecule has 1 N–H and O–H groups in total. The number of morpholine rings is 1. The highest BCUT2D eigenvalue weighted by Gasteiger charge is 2.19. The fourth-order valence-corrected chi connectivity index (χ4v) is 2.77. The van der Waals surface area contributed by atoms with Crippen LogP contribution in [0.15, 0.2) is 22.7 Å². The Labute approximate surface area is 132 Å². The molecule has 1 saturated heterocycles. The average Bonchev–Trinajstić information content (AvgIpc) is 2.49. The normalized spacial score (nSPS) is 19.6. The molecule has 2 rings (SSSR count). The van der Waals surface area contributed by atoms with Crippen LogP contribution >= 0.6 is 15.9 Å². The van der Waals surface area contributed by atoms with Gasteiger partial charge in [0.1, 0.15) is 0 Å². The smallest absolute Gasteiger partial charge is 0.283 e. The monoisotopic (exact) mass is 357 g/mol. The lowest BCUT2D eigenvalue weighted by atomic mass is 10.2. The number of nitro benzene ring substituents is 1. The second-order valence-electron chi connectivity index (χ2n) is 5.06. The van der Waals surface area contributed by atoms with Gasteiger partial charge >= 0.3 is 0 Å². The molecule has 0 bridgehead atoms. The maximum atomic E-state index is 10.9. The number of nitro groups is 1. The first-order valence-electron chi connectivity index (χ1n) is 7.07. The lowest BCUT2D eigenvalue weighted by molar-refractivity contribution is -0.385. The van der Waals surface area contributed by atoms with Crippen molar-refractivity contribution in [3.8, 4) is 0 Å². The van der Waals surface area contributed by atoms with E-state index in [2.05, 4.69) is 33.1 Å². The third kappa shape index (κ3) is 4.74. The van der Waals surface area contributed by atoms with E-state index in [0.717, 1.165) is 38.3 Å². The molecule has 1 aliphatic heterocycles. The summed E-state index contributed by atoms with van der Waals surface area (Å²) in [7, 11) is 0. The van der Waals surface area contributed by atoms with E-state index in [1.165, 1.54) is 0 Å². The van der Waals surface area contributed by atoms with Gasteiger partial charge in [0.25, 0.3) is 5.69 Å². The van der Waals surface area contributed by atoms with E-state index in [4.69, 9.17) is 4.74 Å². The van der Waals surface area contributed by atoms with E-state index < -0.39 is 0 Å². The second-order valence-corrected chi connectivity index (χ2v) is 5.91. The second kappa shape index (κ2) is 7.84. The number of halogens is 1. The summed E-state index contributed by atoms with van der Waals surface area (Å²) in [5.74, 6) is 0. The van der Waals surface area contributed by atoms with E-state index >= 15 is 0 Å². The molecule has 0 radical (unpaired) electrons. The van der Waals surface area contributed by atoms with Crippen LogP contribution in [-0.2, 0) is 11.3 Å². The summed E-state index contributed by atoms with van der Waals surface area (Å²) in [5.41, 5.74) is 0.994.